The van der Waals surface area contributed by atoms with Crippen molar-refractivity contribution >= 4 is 17.7 Å². The number of ether oxygens (including phenoxy) is 3. The molecule has 10 nitrogen and oxygen atoms in total. The fourth-order valence-electron chi connectivity index (χ4n) is 4.27. The van der Waals surface area contributed by atoms with Crippen LogP contribution in [0.15, 0.2) is 60.8 Å². The Hall–Kier alpha value is -4.20. The molecule has 5 rings (SSSR count). The standard InChI is InChI=1S/C25H24N6O4/c1-33-18-7-5-16(6-8-18)19-9-10-27-24(29-19)30-20-13-34-23-21(14-35-22(20)23)31-25(32)28-17-4-2-3-15(11-17)12-26/h2-11,20-23H,13-14H2,1H3,(H,27,29,30)(H2,28,31,32). The van der Waals surface area contributed by atoms with Gasteiger partial charge in [0.25, 0.3) is 0 Å². The van der Waals surface area contributed by atoms with Crippen LogP contribution in [0.1, 0.15) is 5.56 Å². The van der Waals surface area contributed by atoms with Crippen molar-refractivity contribution in [3.63, 3.8) is 0 Å². The summed E-state index contributed by atoms with van der Waals surface area (Å²) in [5.41, 5.74) is 2.74. The van der Waals surface area contributed by atoms with Crippen molar-refractivity contribution in [1.82, 2.24) is 15.3 Å². The quantitative estimate of drug-likeness (QED) is 0.499. The van der Waals surface area contributed by atoms with Crippen molar-refractivity contribution in [2.75, 3.05) is 31.0 Å². The number of nitrogens with zero attached hydrogens (tertiary/aromatic N) is 3. The highest BCUT2D eigenvalue weighted by Crippen LogP contribution is 2.29. The Morgan fingerprint density at radius 3 is 2.63 bits per heavy atom. The van der Waals surface area contributed by atoms with Gasteiger partial charge in [0.2, 0.25) is 5.95 Å². The number of amides is 2. The van der Waals surface area contributed by atoms with Crippen molar-refractivity contribution in [3.8, 4) is 23.1 Å². The molecule has 3 aromatic rings. The number of benzene rings is 2. The zero-order valence-corrected chi connectivity index (χ0v) is 19.0. The second kappa shape index (κ2) is 9.97. The number of urea groups is 1. The molecule has 0 spiro atoms. The first-order chi connectivity index (χ1) is 17.1. The fraction of sp³-hybridized carbons (Fsp3) is 0.280. The summed E-state index contributed by atoms with van der Waals surface area (Å²) >= 11 is 0. The number of anilines is 2. The van der Waals surface area contributed by atoms with Gasteiger partial charge in [0.05, 0.1) is 49.7 Å². The summed E-state index contributed by atoms with van der Waals surface area (Å²) in [6.45, 7) is 0.724. The Morgan fingerprint density at radius 1 is 1.09 bits per heavy atom. The summed E-state index contributed by atoms with van der Waals surface area (Å²) in [5.74, 6) is 1.25. The van der Waals surface area contributed by atoms with Crippen LogP contribution in [0.4, 0.5) is 16.4 Å². The number of nitriles is 1. The Morgan fingerprint density at radius 2 is 1.86 bits per heavy atom. The van der Waals surface area contributed by atoms with Crippen molar-refractivity contribution < 1.29 is 19.0 Å². The molecular formula is C25H24N6O4. The lowest BCUT2D eigenvalue weighted by atomic mass is 10.1. The lowest BCUT2D eigenvalue weighted by Crippen LogP contribution is -2.46. The second-order valence-corrected chi connectivity index (χ2v) is 8.24. The number of aromatic nitrogens is 2. The second-order valence-electron chi connectivity index (χ2n) is 8.24. The third-order valence-corrected chi connectivity index (χ3v) is 5.98. The number of carbonyl (C=O) groups excluding carboxylic acids is 1. The van der Waals surface area contributed by atoms with Gasteiger partial charge in [-0.3, -0.25) is 0 Å². The molecule has 3 heterocycles. The van der Waals surface area contributed by atoms with Gasteiger partial charge in [-0.2, -0.15) is 5.26 Å². The molecule has 0 aliphatic carbocycles. The van der Waals surface area contributed by atoms with Crippen LogP contribution in [0.2, 0.25) is 0 Å². The number of methoxy groups -OCH3 is 1. The molecule has 4 atom stereocenters. The molecule has 4 unspecified atom stereocenters. The highest BCUT2D eigenvalue weighted by atomic mass is 16.6. The first kappa shape index (κ1) is 22.6. The van der Waals surface area contributed by atoms with E-state index in [1.165, 1.54) is 0 Å². The molecular weight excluding hydrogens is 448 g/mol. The Kier molecular flexibility index (Phi) is 6.43. The summed E-state index contributed by atoms with van der Waals surface area (Å²) in [5, 5.41) is 18.0. The molecule has 2 aliphatic heterocycles. The van der Waals surface area contributed by atoms with E-state index in [2.05, 4.69) is 32.0 Å². The Labute approximate surface area is 202 Å². The van der Waals surface area contributed by atoms with Crippen LogP contribution in [0.5, 0.6) is 5.75 Å². The number of nitrogens with one attached hydrogen (secondary N) is 3. The maximum absolute atomic E-state index is 12.5. The van der Waals surface area contributed by atoms with Crippen molar-refractivity contribution in [2.45, 2.75) is 24.3 Å². The topological polar surface area (TPSA) is 130 Å². The molecule has 10 heteroatoms. The molecule has 2 aromatic carbocycles. The Bertz CT molecular complexity index is 1250. The normalized spacial score (nSPS) is 22.6. The summed E-state index contributed by atoms with van der Waals surface area (Å²) in [6, 6.07) is 17.4. The predicted octanol–water partition coefficient (Wildman–Crippen LogP) is 2.79. The lowest BCUT2D eigenvalue weighted by molar-refractivity contribution is 0.0683. The predicted molar refractivity (Wildman–Crippen MR) is 128 cm³/mol. The van der Waals surface area contributed by atoms with Gasteiger partial charge < -0.3 is 30.2 Å². The molecule has 0 radical (unpaired) electrons. The van der Waals surface area contributed by atoms with Crippen molar-refractivity contribution in [3.05, 3.63) is 66.4 Å². The minimum atomic E-state index is -0.384. The molecule has 2 saturated heterocycles. The van der Waals surface area contributed by atoms with Crippen LogP contribution in [0.3, 0.4) is 0 Å². The van der Waals surface area contributed by atoms with Gasteiger partial charge in [0.1, 0.15) is 18.0 Å². The highest BCUT2D eigenvalue weighted by Gasteiger charge is 2.48. The summed E-state index contributed by atoms with van der Waals surface area (Å²) < 4.78 is 17.1. The van der Waals surface area contributed by atoms with E-state index in [1.807, 2.05) is 30.3 Å². The van der Waals surface area contributed by atoms with Crippen molar-refractivity contribution in [2.24, 2.45) is 0 Å². The minimum absolute atomic E-state index is 0.159. The first-order valence-electron chi connectivity index (χ1n) is 11.2. The van der Waals surface area contributed by atoms with Crippen LogP contribution < -0.4 is 20.7 Å². The van der Waals surface area contributed by atoms with Gasteiger partial charge in [-0.15, -0.1) is 0 Å². The van der Waals surface area contributed by atoms with E-state index in [4.69, 9.17) is 19.5 Å². The number of hydrogen-bond acceptors (Lipinski definition) is 8. The summed E-state index contributed by atoms with van der Waals surface area (Å²) in [4.78, 5) is 21.5. The van der Waals surface area contributed by atoms with Crippen LogP contribution in [-0.2, 0) is 9.47 Å². The number of carbonyl (C=O) groups is 1. The molecule has 0 bridgehead atoms. The lowest BCUT2D eigenvalue weighted by Gasteiger charge is -2.19. The molecule has 2 fully saturated rings. The first-order valence-corrected chi connectivity index (χ1v) is 11.2. The van der Waals surface area contributed by atoms with E-state index in [0.717, 1.165) is 17.0 Å². The molecule has 0 saturated carbocycles. The van der Waals surface area contributed by atoms with Gasteiger partial charge in [0, 0.05) is 17.4 Å². The van der Waals surface area contributed by atoms with E-state index < -0.39 is 0 Å². The van der Waals surface area contributed by atoms with E-state index in [1.54, 1.807) is 37.6 Å². The molecule has 2 amide bonds. The minimum Gasteiger partial charge on any atom is -0.497 e. The van der Waals surface area contributed by atoms with Crippen LogP contribution in [0, 0.1) is 11.3 Å². The summed E-state index contributed by atoms with van der Waals surface area (Å²) in [7, 11) is 1.63. The fourth-order valence-corrected chi connectivity index (χ4v) is 4.27. The zero-order chi connectivity index (χ0) is 24.2. The highest BCUT2D eigenvalue weighted by molar-refractivity contribution is 5.89. The Balaban J connectivity index is 1.19. The number of hydrogen-bond donors (Lipinski definition) is 3. The maximum atomic E-state index is 12.5. The van der Waals surface area contributed by atoms with Gasteiger partial charge in [-0.05, 0) is 48.5 Å². The van der Waals surface area contributed by atoms with E-state index in [-0.39, 0.29) is 30.3 Å². The average molecular weight is 473 g/mol. The van der Waals surface area contributed by atoms with E-state index in [9.17, 15) is 4.79 Å². The maximum Gasteiger partial charge on any atom is 0.319 e. The zero-order valence-electron chi connectivity index (χ0n) is 19.0. The molecule has 2 aliphatic rings. The largest absolute Gasteiger partial charge is 0.497 e. The smallest absolute Gasteiger partial charge is 0.319 e. The van der Waals surface area contributed by atoms with Crippen LogP contribution in [-0.4, -0.2) is 60.6 Å². The molecule has 3 N–H and O–H groups in total. The van der Waals surface area contributed by atoms with Gasteiger partial charge in [0.15, 0.2) is 0 Å². The van der Waals surface area contributed by atoms with Gasteiger partial charge in [-0.1, -0.05) is 6.07 Å². The molecule has 1 aromatic heterocycles. The average Bonchev–Trinajstić information content (AvgIpc) is 3.47. The van der Waals surface area contributed by atoms with Gasteiger partial charge in [-0.25, -0.2) is 14.8 Å². The van der Waals surface area contributed by atoms with Crippen LogP contribution in [0.25, 0.3) is 11.3 Å². The van der Waals surface area contributed by atoms with Crippen molar-refractivity contribution in [1.29, 1.82) is 5.26 Å². The SMILES string of the molecule is COc1ccc(-c2ccnc(NC3COC4C(NC(=O)Nc5cccc(C#N)c5)COC34)n2)cc1. The van der Waals surface area contributed by atoms with Gasteiger partial charge >= 0.3 is 6.03 Å². The summed E-state index contributed by atoms with van der Waals surface area (Å²) in [6.07, 6.45) is 1.15. The molecule has 35 heavy (non-hydrogen) atoms. The molecule has 178 valence electrons. The third kappa shape index (κ3) is 5.01. The number of rotatable bonds is 6. The monoisotopic (exact) mass is 472 g/mol. The van der Waals surface area contributed by atoms with E-state index in [0.29, 0.717) is 30.4 Å². The van der Waals surface area contributed by atoms with E-state index >= 15 is 0 Å². The number of fused-ring (bicyclic) bond motifs is 1. The van der Waals surface area contributed by atoms with Crippen LogP contribution >= 0.6 is 0 Å². The third-order valence-electron chi connectivity index (χ3n) is 5.98.